The molecule has 3 rings (SSSR count). The molecule has 1 amide bonds. The van der Waals surface area contributed by atoms with Gasteiger partial charge in [-0.3, -0.25) is 9.69 Å². The third-order valence-corrected chi connectivity index (χ3v) is 4.79. The van der Waals surface area contributed by atoms with Crippen LogP contribution in [0, 0.1) is 5.92 Å². The van der Waals surface area contributed by atoms with Gasteiger partial charge in [0.05, 0.1) is 25.4 Å². The Bertz CT molecular complexity index is 325. The average Bonchev–Trinajstić information content (AvgIpc) is 3.08. The standard InChI is InChI=1S/C14H24N2O3/c17-13-10-16(14(18)11-3-1-2-4-11)9-12(13)15-5-7-19-8-6-15/h11-13,17H,1-10H2/t12-,13-/m0/s1. The minimum Gasteiger partial charge on any atom is -0.390 e. The third kappa shape index (κ3) is 2.78. The second kappa shape index (κ2) is 5.77. The Morgan fingerprint density at radius 2 is 1.79 bits per heavy atom. The van der Waals surface area contributed by atoms with Crippen molar-refractivity contribution in [3.63, 3.8) is 0 Å². The lowest BCUT2D eigenvalue weighted by Crippen LogP contribution is -2.49. The van der Waals surface area contributed by atoms with E-state index in [0.29, 0.717) is 13.1 Å². The normalized spacial score (nSPS) is 34.1. The number of rotatable bonds is 2. The van der Waals surface area contributed by atoms with E-state index in [1.54, 1.807) is 0 Å². The van der Waals surface area contributed by atoms with Crippen molar-refractivity contribution in [2.45, 2.75) is 37.8 Å². The molecule has 108 valence electrons. The Balaban J connectivity index is 1.59. The van der Waals surface area contributed by atoms with Gasteiger partial charge in [-0.1, -0.05) is 12.8 Å². The summed E-state index contributed by atoms with van der Waals surface area (Å²) in [7, 11) is 0. The van der Waals surface area contributed by atoms with Crippen LogP contribution in [0.2, 0.25) is 0 Å². The molecular weight excluding hydrogens is 244 g/mol. The van der Waals surface area contributed by atoms with Crippen LogP contribution in [0.5, 0.6) is 0 Å². The van der Waals surface area contributed by atoms with Gasteiger partial charge in [0.15, 0.2) is 0 Å². The minimum atomic E-state index is -0.400. The lowest BCUT2D eigenvalue weighted by Gasteiger charge is -2.33. The molecule has 1 saturated carbocycles. The number of amides is 1. The van der Waals surface area contributed by atoms with Gasteiger partial charge in [-0.25, -0.2) is 0 Å². The van der Waals surface area contributed by atoms with Crippen molar-refractivity contribution < 1.29 is 14.6 Å². The lowest BCUT2D eigenvalue weighted by atomic mass is 10.1. The van der Waals surface area contributed by atoms with Crippen molar-refractivity contribution in [3.8, 4) is 0 Å². The fraction of sp³-hybridized carbons (Fsp3) is 0.929. The maximum Gasteiger partial charge on any atom is 0.225 e. The summed E-state index contributed by atoms with van der Waals surface area (Å²) in [6, 6.07) is 0.106. The summed E-state index contributed by atoms with van der Waals surface area (Å²) in [5.74, 6) is 0.489. The zero-order valence-corrected chi connectivity index (χ0v) is 11.5. The number of likely N-dealkylation sites (tertiary alicyclic amines) is 1. The van der Waals surface area contributed by atoms with Crippen LogP contribution in [0.3, 0.4) is 0 Å². The van der Waals surface area contributed by atoms with Crippen LogP contribution in [0.25, 0.3) is 0 Å². The zero-order chi connectivity index (χ0) is 13.2. The van der Waals surface area contributed by atoms with Crippen molar-refractivity contribution in [2.24, 2.45) is 5.92 Å². The zero-order valence-electron chi connectivity index (χ0n) is 11.5. The van der Waals surface area contributed by atoms with E-state index in [0.717, 1.165) is 39.1 Å². The summed E-state index contributed by atoms with van der Waals surface area (Å²) in [6.07, 6.45) is 4.03. The Hall–Kier alpha value is -0.650. The quantitative estimate of drug-likeness (QED) is 0.770. The molecule has 0 aromatic rings. The predicted octanol–water partition coefficient (Wildman–Crippen LogP) is 0.0805. The number of ether oxygens (including phenoxy) is 1. The summed E-state index contributed by atoms with van der Waals surface area (Å²) < 4.78 is 5.35. The van der Waals surface area contributed by atoms with E-state index in [1.807, 2.05) is 4.90 Å². The maximum atomic E-state index is 12.4. The van der Waals surface area contributed by atoms with E-state index in [1.165, 1.54) is 12.8 Å². The van der Waals surface area contributed by atoms with Gasteiger partial charge in [0.2, 0.25) is 5.91 Å². The number of carbonyl (C=O) groups is 1. The van der Waals surface area contributed by atoms with Crippen molar-refractivity contribution in [1.82, 2.24) is 9.80 Å². The second-order valence-electron chi connectivity index (χ2n) is 6.01. The van der Waals surface area contributed by atoms with Crippen LogP contribution in [-0.2, 0) is 9.53 Å². The molecule has 0 unspecified atom stereocenters. The number of hydrogen-bond donors (Lipinski definition) is 1. The summed E-state index contributed by atoms with van der Waals surface area (Å²) in [6.45, 7) is 4.41. The minimum absolute atomic E-state index is 0.106. The van der Waals surface area contributed by atoms with Gasteiger partial charge in [0, 0.05) is 32.1 Å². The van der Waals surface area contributed by atoms with E-state index in [9.17, 15) is 9.90 Å². The van der Waals surface area contributed by atoms with Crippen LogP contribution in [0.4, 0.5) is 0 Å². The van der Waals surface area contributed by atoms with Crippen LogP contribution < -0.4 is 0 Å². The summed E-state index contributed by atoms with van der Waals surface area (Å²) in [5, 5.41) is 10.2. The SMILES string of the molecule is O=C(C1CCCC1)N1C[C@H](O)[C@@H](N2CCOCC2)C1. The van der Waals surface area contributed by atoms with E-state index < -0.39 is 6.10 Å². The fourth-order valence-corrected chi connectivity index (χ4v) is 3.65. The Kier molecular flexibility index (Phi) is 4.05. The molecule has 2 heterocycles. The van der Waals surface area contributed by atoms with Gasteiger partial charge in [-0.05, 0) is 12.8 Å². The molecule has 0 radical (unpaired) electrons. The smallest absolute Gasteiger partial charge is 0.225 e. The van der Waals surface area contributed by atoms with Crippen molar-refractivity contribution in [2.75, 3.05) is 39.4 Å². The first-order valence-electron chi connectivity index (χ1n) is 7.54. The van der Waals surface area contributed by atoms with Crippen molar-refractivity contribution in [1.29, 1.82) is 0 Å². The number of carbonyl (C=O) groups excluding carboxylic acids is 1. The highest BCUT2D eigenvalue weighted by Gasteiger charge is 2.40. The number of morpholine rings is 1. The fourth-order valence-electron chi connectivity index (χ4n) is 3.65. The summed E-state index contributed by atoms with van der Waals surface area (Å²) >= 11 is 0. The van der Waals surface area contributed by atoms with Crippen molar-refractivity contribution in [3.05, 3.63) is 0 Å². The third-order valence-electron chi connectivity index (χ3n) is 4.79. The molecule has 0 spiro atoms. The first-order valence-corrected chi connectivity index (χ1v) is 7.54. The highest BCUT2D eigenvalue weighted by Crippen LogP contribution is 2.28. The molecule has 2 saturated heterocycles. The molecule has 5 heteroatoms. The number of aliphatic hydroxyl groups excluding tert-OH is 1. The Labute approximate surface area is 114 Å². The number of β-amino-alcohol motifs (C(OH)–C–C–N with tert-alkyl or cyclic N) is 1. The largest absolute Gasteiger partial charge is 0.390 e. The number of hydrogen-bond acceptors (Lipinski definition) is 4. The van der Waals surface area contributed by atoms with E-state index in [2.05, 4.69) is 4.90 Å². The van der Waals surface area contributed by atoms with Gasteiger partial charge in [0.1, 0.15) is 0 Å². The molecule has 0 aromatic heterocycles. The molecule has 2 aliphatic heterocycles. The molecule has 2 atom stereocenters. The van der Waals surface area contributed by atoms with Gasteiger partial charge in [0.25, 0.3) is 0 Å². The maximum absolute atomic E-state index is 12.4. The highest BCUT2D eigenvalue weighted by atomic mass is 16.5. The monoisotopic (exact) mass is 268 g/mol. The average molecular weight is 268 g/mol. The Morgan fingerprint density at radius 1 is 1.11 bits per heavy atom. The summed E-state index contributed by atoms with van der Waals surface area (Å²) in [5.41, 5.74) is 0. The van der Waals surface area contributed by atoms with E-state index >= 15 is 0 Å². The van der Waals surface area contributed by atoms with Gasteiger partial charge >= 0.3 is 0 Å². The molecule has 3 fully saturated rings. The van der Waals surface area contributed by atoms with E-state index in [-0.39, 0.29) is 17.9 Å². The topological polar surface area (TPSA) is 53.0 Å². The van der Waals surface area contributed by atoms with Crippen molar-refractivity contribution >= 4 is 5.91 Å². The first kappa shape index (κ1) is 13.3. The van der Waals surface area contributed by atoms with Crippen LogP contribution in [0.1, 0.15) is 25.7 Å². The molecule has 3 aliphatic rings. The predicted molar refractivity (Wildman–Crippen MR) is 70.7 cm³/mol. The van der Waals surface area contributed by atoms with Gasteiger partial charge in [-0.2, -0.15) is 0 Å². The lowest BCUT2D eigenvalue weighted by molar-refractivity contribution is -0.134. The Morgan fingerprint density at radius 3 is 2.47 bits per heavy atom. The van der Waals surface area contributed by atoms with Gasteiger partial charge < -0.3 is 14.7 Å². The highest BCUT2D eigenvalue weighted by molar-refractivity contribution is 5.79. The van der Waals surface area contributed by atoms with Gasteiger partial charge in [-0.15, -0.1) is 0 Å². The molecule has 1 N–H and O–H groups in total. The first-order chi connectivity index (χ1) is 9.25. The van der Waals surface area contributed by atoms with Crippen LogP contribution >= 0.6 is 0 Å². The second-order valence-corrected chi connectivity index (χ2v) is 6.01. The summed E-state index contributed by atoms with van der Waals surface area (Å²) in [4.78, 5) is 16.6. The molecular formula is C14H24N2O3. The molecule has 5 nitrogen and oxygen atoms in total. The molecule has 19 heavy (non-hydrogen) atoms. The molecule has 0 bridgehead atoms. The molecule has 1 aliphatic carbocycles. The van der Waals surface area contributed by atoms with E-state index in [4.69, 9.17) is 4.74 Å². The molecule has 0 aromatic carbocycles. The van der Waals surface area contributed by atoms with Crippen LogP contribution in [0.15, 0.2) is 0 Å². The number of aliphatic hydroxyl groups is 1. The number of nitrogens with zero attached hydrogens (tertiary/aromatic N) is 2. The van der Waals surface area contributed by atoms with Crippen LogP contribution in [-0.4, -0.2) is 72.4 Å².